The summed E-state index contributed by atoms with van der Waals surface area (Å²) < 4.78 is 22.8. The van der Waals surface area contributed by atoms with E-state index in [0.717, 1.165) is 0 Å². The van der Waals surface area contributed by atoms with Gasteiger partial charge in [0.1, 0.15) is 9.77 Å². The second-order valence-electron chi connectivity index (χ2n) is 3.70. The standard InChI is InChI=1S/C11H11N3O3S2/c12-7-5-6-18-10(7)11(15)14-8-3-1-2-4-9(8)19(13,16)17/h1-6H,12H2,(H,14,15)(H2,13,16,17). The molecule has 19 heavy (non-hydrogen) atoms. The molecule has 0 spiro atoms. The summed E-state index contributed by atoms with van der Waals surface area (Å²) in [6.45, 7) is 0. The first-order valence-corrected chi connectivity index (χ1v) is 7.58. The number of thiophene rings is 1. The fourth-order valence-corrected chi connectivity index (χ4v) is 2.91. The first-order chi connectivity index (χ1) is 8.89. The van der Waals surface area contributed by atoms with Crippen molar-refractivity contribution in [3.8, 4) is 0 Å². The minimum absolute atomic E-state index is 0.128. The number of nitrogens with one attached hydrogen (secondary N) is 1. The highest BCUT2D eigenvalue weighted by Crippen LogP contribution is 2.23. The zero-order valence-electron chi connectivity index (χ0n) is 9.66. The second-order valence-corrected chi connectivity index (χ2v) is 6.15. The van der Waals surface area contributed by atoms with E-state index in [2.05, 4.69) is 5.32 Å². The van der Waals surface area contributed by atoms with Crippen LogP contribution in [0.3, 0.4) is 0 Å². The van der Waals surface area contributed by atoms with Gasteiger partial charge < -0.3 is 11.1 Å². The van der Waals surface area contributed by atoms with Crippen LogP contribution < -0.4 is 16.2 Å². The summed E-state index contributed by atoms with van der Waals surface area (Å²) >= 11 is 1.17. The lowest BCUT2D eigenvalue weighted by molar-refractivity contribution is 0.103. The van der Waals surface area contributed by atoms with Crippen LogP contribution in [0.15, 0.2) is 40.6 Å². The molecular formula is C11H11N3O3S2. The van der Waals surface area contributed by atoms with Crippen molar-refractivity contribution in [3.05, 3.63) is 40.6 Å². The predicted octanol–water partition coefficient (Wildman–Crippen LogP) is 1.23. The predicted molar refractivity (Wildman–Crippen MR) is 74.5 cm³/mol. The Morgan fingerprint density at radius 2 is 1.89 bits per heavy atom. The molecule has 0 aliphatic carbocycles. The molecule has 2 rings (SSSR count). The van der Waals surface area contributed by atoms with Crippen LogP contribution >= 0.6 is 11.3 Å². The van der Waals surface area contributed by atoms with Crippen LogP contribution in [0, 0.1) is 0 Å². The molecule has 1 amide bonds. The highest BCUT2D eigenvalue weighted by atomic mass is 32.2. The third-order valence-electron chi connectivity index (χ3n) is 2.34. The number of nitrogens with two attached hydrogens (primary N) is 2. The molecule has 0 aliphatic rings. The molecule has 0 atom stereocenters. The van der Waals surface area contributed by atoms with Gasteiger partial charge in [0.25, 0.3) is 5.91 Å². The summed E-state index contributed by atoms with van der Waals surface area (Å²) in [5.41, 5.74) is 6.10. The molecule has 8 heteroatoms. The van der Waals surface area contributed by atoms with Crippen molar-refractivity contribution in [1.29, 1.82) is 0 Å². The molecule has 0 bridgehead atoms. The Labute approximate surface area is 114 Å². The minimum Gasteiger partial charge on any atom is -0.397 e. The maximum absolute atomic E-state index is 12.0. The topological polar surface area (TPSA) is 115 Å². The maximum atomic E-state index is 12.0. The summed E-state index contributed by atoms with van der Waals surface area (Å²) in [6.07, 6.45) is 0. The summed E-state index contributed by atoms with van der Waals surface area (Å²) in [6, 6.07) is 7.51. The van der Waals surface area contributed by atoms with Gasteiger partial charge >= 0.3 is 0 Å². The number of rotatable bonds is 3. The van der Waals surface area contributed by atoms with E-state index >= 15 is 0 Å². The molecule has 2 aromatic rings. The van der Waals surface area contributed by atoms with E-state index in [0.29, 0.717) is 10.6 Å². The first-order valence-electron chi connectivity index (χ1n) is 5.16. The Bertz CT molecular complexity index is 722. The third kappa shape index (κ3) is 2.92. The molecule has 1 heterocycles. The van der Waals surface area contributed by atoms with Gasteiger partial charge in [0.15, 0.2) is 0 Å². The van der Waals surface area contributed by atoms with Gasteiger partial charge in [-0.2, -0.15) is 0 Å². The van der Waals surface area contributed by atoms with Crippen LogP contribution in [0.4, 0.5) is 11.4 Å². The molecule has 0 radical (unpaired) electrons. The van der Waals surface area contributed by atoms with Crippen molar-refractivity contribution in [2.75, 3.05) is 11.1 Å². The van der Waals surface area contributed by atoms with Gasteiger partial charge in [0.05, 0.1) is 11.4 Å². The zero-order chi connectivity index (χ0) is 14.0. The fraction of sp³-hybridized carbons (Fsp3) is 0. The Morgan fingerprint density at radius 3 is 2.47 bits per heavy atom. The quantitative estimate of drug-likeness (QED) is 0.790. The van der Waals surface area contributed by atoms with Crippen LogP contribution in [0.1, 0.15) is 9.67 Å². The van der Waals surface area contributed by atoms with Gasteiger partial charge in [-0.1, -0.05) is 12.1 Å². The minimum atomic E-state index is -3.90. The maximum Gasteiger partial charge on any atom is 0.267 e. The number of amides is 1. The van der Waals surface area contributed by atoms with E-state index in [1.807, 2.05) is 0 Å². The average Bonchev–Trinajstić information content (AvgIpc) is 2.75. The highest BCUT2D eigenvalue weighted by molar-refractivity contribution is 7.89. The number of para-hydroxylation sites is 1. The van der Waals surface area contributed by atoms with Crippen LogP contribution in [-0.2, 0) is 10.0 Å². The van der Waals surface area contributed by atoms with Crippen LogP contribution in [0.2, 0.25) is 0 Å². The van der Waals surface area contributed by atoms with Crippen molar-refractivity contribution in [3.63, 3.8) is 0 Å². The smallest absolute Gasteiger partial charge is 0.267 e. The molecule has 5 N–H and O–H groups in total. The first kappa shape index (κ1) is 13.5. The monoisotopic (exact) mass is 297 g/mol. The van der Waals surface area contributed by atoms with Crippen molar-refractivity contribution >= 4 is 38.6 Å². The Balaban J connectivity index is 2.35. The molecule has 6 nitrogen and oxygen atoms in total. The SMILES string of the molecule is Nc1ccsc1C(=O)Nc1ccccc1S(N)(=O)=O. The van der Waals surface area contributed by atoms with E-state index < -0.39 is 15.9 Å². The van der Waals surface area contributed by atoms with Crippen LogP contribution in [0.25, 0.3) is 0 Å². The number of primary sulfonamides is 1. The fourth-order valence-electron chi connectivity index (χ4n) is 1.50. The lowest BCUT2D eigenvalue weighted by Crippen LogP contribution is -2.18. The molecular weight excluding hydrogens is 286 g/mol. The number of benzene rings is 1. The van der Waals surface area contributed by atoms with E-state index in [1.165, 1.54) is 29.5 Å². The zero-order valence-corrected chi connectivity index (χ0v) is 11.3. The van der Waals surface area contributed by atoms with E-state index in [4.69, 9.17) is 10.9 Å². The molecule has 0 aliphatic heterocycles. The average molecular weight is 297 g/mol. The van der Waals surface area contributed by atoms with Crippen molar-refractivity contribution in [2.45, 2.75) is 4.90 Å². The number of carbonyl (C=O) groups excluding carboxylic acids is 1. The van der Waals surface area contributed by atoms with Gasteiger partial charge in [-0.25, -0.2) is 13.6 Å². The van der Waals surface area contributed by atoms with Crippen molar-refractivity contribution < 1.29 is 13.2 Å². The molecule has 0 saturated heterocycles. The summed E-state index contributed by atoms with van der Waals surface area (Å²) in [5.74, 6) is -0.469. The number of hydrogen-bond acceptors (Lipinski definition) is 5. The number of anilines is 2. The summed E-state index contributed by atoms with van der Waals surface area (Å²) in [7, 11) is -3.90. The second kappa shape index (κ2) is 5.00. The molecule has 100 valence electrons. The lowest BCUT2D eigenvalue weighted by Gasteiger charge is -2.08. The molecule has 0 saturated carbocycles. The van der Waals surface area contributed by atoms with Crippen molar-refractivity contribution in [2.24, 2.45) is 5.14 Å². The molecule has 0 unspecified atom stereocenters. The molecule has 1 aromatic carbocycles. The Hall–Kier alpha value is -1.90. The molecule has 0 fully saturated rings. The summed E-state index contributed by atoms with van der Waals surface area (Å²) in [5, 5.41) is 9.25. The van der Waals surface area contributed by atoms with E-state index in [1.54, 1.807) is 17.5 Å². The highest BCUT2D eigenvalue weighted by Gasteiger charge is 2.17. The normalized spacial score (nSPS) is 11.2. The van der Waals surface area contributed by atoms with Gasteiger partial charge in [-0.05, 0) is 23.6 Å². The van der Waals surface area contributed by atoms with Crippen LogP contribution in [0.5, 0.6) is 0 Å². The van der Waals surface area contributed by atoms with Gasteiger partial charge in [-0.3, -0.25) is 4.79 Å². The number of carbonyl (C=O) groups is 1. The number of sulfonamides is 1. The Morgan fingerprint density at radius 1 is 1.21 bits per heavy atom. The van der Waals surface area contributed by atoms with Crippen LogP contribution in [-0.4, -0.2) is 14.3 Å². The van der Waals surface area contributed by atoms with E-state index in [9.17, 15) is 13.2 Å². The number of hydrogen-bond donors (Lipinski definition) is 3. The molecule has 1 aromatic heterocycles. The largest absolute Gasteiger partial charge is 0.397 e. The van der Waals surface area contributed by atoms with E-state index in [-0.39, 0.29) is 10.6 Å². The number of nitrogen functional groups attached to an aromatic ring is 1. The van der Waals surface area contributed by atoms with Gasteiger partial charge in [-0.15, -0.1) is 11.3 Å². The third-order valence-corrected chi connectivity index (χ3v) is 4.24. The lowest BCUT2D eigenvalue weighted by atomic mass is 10.3. The summed E-state index contributed by atoms with van der Waals surface area (Å²) in [4.78, 5) is 12.1. The van der Waals surface area contributed by atoms with Gasteiger partial charge in [0.2, 0.25) is 10.0 Å². The Kier molecular flexibility index (Phi) is 3.56. The van der Waals surface area contributed by atoms with Gasteiger partial charge in [0, 0.05) is 0 Å². The van der Waals surface area contributed by atoms with Crippen molar-refractivity contribution in [1.82, 2.24) is 0 Å².